The smallest absolute Gasteiger partial charge is 0.227 e. The lowest BCUT2D eigenvalue weighted by Gasteiger charge is -2.39. The summed E-state index contributed by atoms with van der Waals surface area (Å²) < 4.78 is 0. The van der Waals surface area contributed by atoms with Gasteiger partial charge in [0.25, 0.3) is 0 Å². The number of para-hydroxylation sites is 2. The average molecular weight is 303 g/mol. The van der Waals surface area contributed by atoms with Gasteiger partial charge in [0.05, 0.1) is 11.4 Å². The number of amides is 1. The van der Waals surface area contributed by atoms with Crippen LogP contribution in [0, 0.1) is 5.41 Å². The Morgan fingerprint density at radius 2 is 1.77 bits per heavy atom. The molecule has 1 aromatic rings. The minimum Gasteiger partial charge on any atom is -0.367 e. The third kappa shape index (κ3) is 4.23. The van der Waals surface area contributed by atoms with E-state index in [1.54, 1.807) is 0 Å². The molecular weight excluding hydrogens is 274 g/mol. The molecule has 0 bridgehead atoms. The first-order chi connectivity index (χ1) is 10.3. The third-order valence-electron chi connectivity index (χ3n) is 3.91. The van der Waals surface area contributed by atoms with Gasteiger partial charge in [-0.1, -0.05) is 32.9 Å². The van der Waals surface area contributed by atoms with E-state index in [9.17, 15) is 4.79 Å². The molecule has 0 spiro atoms. The highest BCUT2D eigenvalue weighted by molar-refractivity contribution is 5.98. The van der Waals surface area contributed by atoms with Crippen LogP contribution in [0.5, 0.6) is 0 Å². The number of likely N-dealkylation sites (N-methyl/N-ethyl adjacent to an activating group) is 1. The molecule has 0 unspecified atom stereocenters. The van der Waals surface area contributed by atoms with Crippen LogP contribution in [0.3, 0.4) is 0 Å². The molecule has 22 heavy (non-hydrogen) atoms. The lowest BCUT2D eigenvalue weighted by molar-refractivity contribution is -0.120. The molecular formula is C18H29N3O. The zero-order chi connectivity index (χ0) is 16.3. The summed E-state index contributed by atoms with van der Waals surface area (Å²) in [6.07, 6.45) is 0.582. The molecule has 1 aliphatic heterocycles. The second kappa shape index (κ2) is 6.69. The van der Waals surface area contributed by atoms with E-state index < -0.39 is 0 Å². The first kappa shape index (κ1) is 16.8. The number of nitrogens with zero attached hydrogens (tertiary/aromatic N) is 3. The fraction of sp³-hybridized carbons (Fsp3) is 0.611. The number of carbonyl (C=O) groups is 1. The molecule has 0 saturated carbocycles. The van der Waals surface area contributed by atoms with Crippen molar-refractivity contribution in [2.24, 2.45) is 5.41 Å². The van der Waals surface area contributed by atoms with Crippen molar-refractivity contribution in [2.45, 2.75) is 27.2 Å². The molecule has 0 atom stereocenters. The quantitative estimate of drug-likeness (QED) is 0.856. The van der Waals surface area contributed by atoms with E-state index in [0.717, 1.165) is 31.9 Å². The lowest BCUT2D eigenvalue weighted by atomic mass is 9.91. The highest BCUT2D eigenvalue weighted by Gasteiger charge is 2.28. The molecule has 0 fully saturated rings. The van der Waals surface area contributed by atoms with Crippen LogP contribution < -0.4 is 9.80 Å². The molecule has 0 saturated heterocycles. The van der Waals surface area contributed by atoms with Crippen LogP contribution in [-0.4, -0.2) is 51.1 Å². The summed E-state index contributed by atoms with van der Waals surface area (Å²) >= 11 is 0. The van der Waals surface area contributed by atoms with Gasteiger partial charge in [-0.3, -0.25) is 4.79 Å². The SMILES string of the molecule is CN(C)CCN1CCN(C(=O)CC(C)(C)C)c2ccccc21. The molecule has 1 amide bonds. The Kier molecular flexibility index (Phi) is 5.12. The van der Waals surface area contributed by atoms with Gasteiger partial charge < -0.3 is 14.7 Å². The lowest BCUT2D eigenvalue weighted by Crippen LogP contribution is -2.46. The fourth-order valence-electron chi connectivity index (χ4n) is 2.78. The van der Waals surface area contributed by atoms with Gasteiger partial charge in [0.1, 0.15) is 0 Å². The largest absolute Gasteiger partial charge is 0.367 e. The average Bonchev–Trinajstić information content (AvgIpc) is 2.42. The van der Waals surface area contributed by atoms with Gasteiger partial charge in [0, 0.05) is 32.6 Å². The van der Waals surface area contributed by atoms with Crippen LogP contribution in [0.2, 0.25) is 0 Å². The summed E-state index contributed by atoms with van der Waals surface area (Å²) in [6, 6.07) is 8.27. The number of rotatable bonds is 4. The minimum absolute atomic E-state index is 0.0219. The fourth-order valence-corrected chi connectivity index (χ4v) is 2.78. The monoisotopic (exact) mass is 303 g/mol. The summed E-state index contributed by atoms with van der Waals surface area (Å²) in [5.41, 5.74) is 2.26. The van der Waals surface area contributed by atoms with Gasteiger partial charge in [-0.25, -0.2) is 0 Å². The molecule has 0 N–H and O–H groups in total. The second-order valence-corrected chi connectivity index (χ2v) is 7.56. The van der Waals surface area contributed by atoms with E-state index in [4.69, 9.17) is 0 Å². The molecule has 2 rings (SSSR count). The number of anilines is 2. The maximum Gasteiger partial charge on any atom is 0.227 e. The number of hydrogen-bond acceptors (Lipinski definition) is 3. The van der Waals surface area contributed by atoms with Crippen LogP contribution in [0.15, 0.2) is 24.3 Å². The van der Waals surface area contributed by atoms with E-state index in [1.165, 1.54) is 5.69 Å². The maximum atomic E-state index is 12.6. The standard InChI is InChI=1S/C18H29N3O/c1-18(2,3)14-17(22)21-13-12-20(11-10-19(4)5)15-8-6-7-9-16(15)21/h6-9H,10-14H2,1-5H3. The molecule has 0 aliphatic carbocycles. The predicted molar refractivity (Wildman–Crippen MR) is 93.6 cm³/mol. The van der Waals surface area contributed by atoms with Crippen molar-refractivity contribution in [3.63, 3.8) is 0 Å². The normalized spacial score (nSPS) is 15.2. The van der Waals surface area contributed by atoms with Crippen molar-refractivity contribution in [3.05, 3.63) is 24.3 Å². The van der Waals surface area contributed by atoms with Crippen LogP contribution in [0.1, 0.15) is 27.2 Å². The molecule has 1 aromatic carbocycles. The minimum atomic E-state index is 0.0219. The summed E-state index contributed by atoms with van der Waals surface area (Å²) in [6.45, 7) is 10.0. The van der Waals surface area contributed by atoms with Gasteiger partial charge in [-0.2, -0.15) is 0 Å². The molecule has 0 aromatic heterocycles. The topological polar surface area (TPSA) is 26.8 Å². The zero-order valence-electron chi connectivity index (χ0n) is 14.6. The van der Waals surface area contributed by atoms with E-state index in [1.807, 2.05) is 11.0 Å². The number of carbonyl (C=O) groups excluding carboxylic acids is 1. The summed E-state index contributed by atoms with van der Waals surface area (Å²) in [4.78, 5) is 19.2. The predicted octanol–water partition coefficient (Wildman–Crippen LogP) is 2.84. The number of hydrogen-bond donors (Lipinski definition) is 0. The second-order valence-electron chi connectivity index (χ2n) is 7.56. The first-order valence-electron chi connectivity index (χ1n) is 8.07. The maximum absolute atomic E-state index is 12.6. The van der Waals surface area contributed by atoms with Crippen molar-refractivity contribution in [1.82, 2.24) is 4.90 Å². The summed E-state index contributed by atoms with van der Waals surface area (Å²) in [7, 11) is 4.18. The van der Waals surface area contributed by atoms with E-state index in [0.29, 0.717) is 6.42 Å². The van der Waals surface area contributed by atoms with Crippen molar-refractivity contribution >= 4 is 17.3 Å². The zero-order valence-corrected chi connectivity index (χ0v) is 14.6. The summed E-state index contributed by atoms with van der Waals surface area (Å²) in [5.74, 6) is 0.229. The van der Waals surface area contributed by atoms with Gasteiger partial charge in [0.15, 0.2) is 0 Å². The Hall–Kier alpha value is -1.55. The Morgan fingerprint density at radius 1 is 1.14 bits per heavy atom. The summed E-state index contributed by atoms with van der Waals surface area (Å²) in [5, 5.41) is 0. The Balaban J connectivity index is 2.19. The highest BCUT2D eigenvalue weighted by atomic mass is 16.2. The van der Waals surface area contributed by atoms with Gasteiger partial charge in [-0.15, -0.1) is 0 Å². The van der Waals surface area contributed by atoms with Crippen LogP contribution in [0.4, 0.5) is 11.4 Å². The third-order valence-corrected chi connectivity index (χ3v) is 3.91. The molecule has 4 heteroatoms. The van der Waals surface area contributed by atoms with Crippen molar-refractivity contribution < 1.29 is 4.79 Å². The molecule has 1 aliphatic rings. The van der Waals surface area contributed by atoms with Crippen molar-refractivity contribution in [2.75, 3.05) is 50.1 Å². The molecule has 1 heterocycles. The van der Waals surface area contributed by atoms with Crippen LogP contribution >= 0.6 is 0 Å². The van der Waals surface area contributed by atoms with E-state index in [-0.39, 0.29) is 11.3 Å². The van der Waals surface area contributed by atoms with Gasteiger partial charge in [-0.05, 0) is 31.6 Å². The highest BCUT2D eigenvalue weighted by Crippen LogP contribution is 2.34. The number of fused-ring (bicyclic) bond motifs is 1. The molecule has 0 radical (unpaired) electrons. The van der Waals surface area contributed by atoms with Crippen molar-refractivity contribution in [1.29, 1.82) is 0 Å². The van der Waals surface area contributed by atoms with Crippen molar-refractivity contribution in [3.8, 4) is 0 Å². The van der Waals surface area contributed by atoms with E-state index >= 15 is 0 Å². The Bertz CT molecular complexity index is 519. The van der Waals surface area contributed by atoms with Crippen LogP contribution in [0.25, 0.3) is 0 Å². The Labute approximate surface area is 134 Å². The van der Waals surface area contributed by atoms with Crippen LogP contribution in [-0.2, 0) is 4.79 Å². The van der Waals surface area contributed by atoms with Gasteiger partial charge >= 0.3 is 0 Å². The molecule has 122 valence electrons. The van der Waals surface area contributed by atoms with E-state index in [2.05, 4.69) is 62.9 Å². The first-order valence-corrected chi connectivity index (χ1v) is 8.07. The number of benzene rings is 1. The Morgan fingerprint density at radius 3 is 2.36 bits per heavy atom. The van der Waals surface area contributed by atoms with Gasteiger partial charge in [0.2, 0.25) is 5.91 Å². The molecule has 4 nitrogen and oxygen atoms in total.